The number of quaternary nitrogens is 1. The van der Waals surface area contributed by atoms with Gasteiger partial charge in [0.1, 0.15) is 5.75 Å². The van der Waals surface area contributed by atoms with Crippen LogP contribution in [0.1, 0.15) is 6.92 Å². The van der Waals surface area contributed by atoms with Crippen LogP contribution >= 0.6 is 15.9 Å². The number of piperazine rings is 1. The molecule has 2 aromatic carbocycles. The molecule has 0 aliphatic carbocycles. The Morgan fingerprint density at radius 2 is 1.96 bits per heavy atom. The molecule has 0 spiro atoms. The summed E-state index contributed by atoms with van der Waals surface area (Å²) in [7, 11) is 0. The summed E-state index contributed by atoms with van der Waals surface area (Å²) >= 11 is 3.42. The molecule has 138 valence electrons. The maximum absolute atomic E-state index is 12.3. The Labute approximate surface area is 163 Å². The summed E-state index contributed by atoms with van der Waals surface area (Å²) in [5.74, 6) is 0.993. The zero-order chi connectivity index (χ0) is 18.4. The number of halogens is 1. The SMILES string of the molecule is CCOc1ccccc1N1CC[NH+](CC(=O)Nc2cccc(Br)c2)CC1. The van der Waals surface area contributed by atoms with Crippen LogP contribution in [-0.4, -0.2) is 45.2 Å². The van der Waals surface area contributed by atoms with E-state index < -0.39 is 0 Å². The lowest BCUT2D eigenvalue weighted by atomic mass is 10.2. The number of anilines is 2. The van der Waals surface area contributed by atoms with E-state index in [1.165, 1.54) is 4.90 Å². The summed E-state index contributed by atoms with van der Waals surface area (Å²) in [4.78, 5) is 16.0. The van der Waals surface area contributed by atoms with Gasteiger partial charge in [-0.25, -0.2) is 0 Å². The van der Waals surface area contributed by atoms with Gasteiger partial charge in [-0.1, -0.05) is 34.1 Å². The van der Waals surface area contributed by atoms with E-state index in [0.717, 1.165) is 47.8 Å². The topological polar surface area (TPSA) is 46.0 Å². The first kappa shape index (κ1) is 18.7. The fourth-order valence-electron chi connectivity index (χ4n) is 3.24. The average molecular weight is 419 g/mol. The Bertz CT molecular complexity index is 745. The number of para-hydroxylation sites is 2. The van der Waals surface area contributed by atoms with E-state index in [4.69, 9.17) is 4.74 Å². The molecule has 0 unspecified atom stereocenters. The van der Waals surface area contributed by atoms with Crippen LogP contribution in [-0.2, 0) is 4.79 Å². The fraction of sp³-hybridized carbons (Fsp3) is 0.350. The lowest BCUT2D eigenvalue weighted by Crippen LogP contribution is -3.15. The number of amides is 1. The molecule has 1 saturated heterocycles. The molecule has 26 heavy (non-hydrogen) atoms. The highest BCUT2D eigenvalue weighted by atomic mass is 79.9. The van der Waals surface area contributed by atoms with Crippen molar-refractivity contribution in [3.8, 4) is 5.75 Å². The molecule has 1 aliphatic heterocycles. The van der Waals surface area contributed by atoms with E-state index in [1.54, 1.807) is 0 Å². The molecular weight excluding hydrogens is 394 g/mol. The van der Waals surface area contributed by atoms with Crippen molar-refractivity contribution in [3.63, 3.8) is 0 Å². The summed E-state index contributed by atoms with van der Waals surface area (Å²) in [6, 6.07) is 15.8. The van der Waals surface area contributed by atoms with Crippen molar-refractivity contribution in [2.45, 2.75) is 6.92 Å². The lowest BCUT2D eigenvalue weighted by Gasteiger charge is -2.34. The van der Waals surface area contributed by atoms with E-state index >= 15 is 0 Å². The van der Waals surface area contributed by atoms with E-state index in [0.29, 0.717) is 13.2 Å². The van der Waals surface area contributed by atoms with Crippen molar-refractivity contribution in [3.05, 3.63) is 53.0 Å². The third-order valence-electron chi connectivity index (χ3n) is 4.50. The average Bonchev–Trinajstić information content (AvgIpc) is 2.63. The number of ether oxygens (including phenoxy) is 1. The predicted molar refractivity (Wildman–Crippen MR) is 108 cm³/mol. The highest BCUT2D eigenvalue weighted by Gasteiger charge is 2.24. The number of hydrogen-bond donors (Lipinski definition) is 2. The highest BCUT2D eigenvalue weighted by molar-refractivity contribution is 9.10. The van der Waals surface area contributed by atoms with Gasteiger partial charge in [0.05, 0.1) is 38.5 Å². The second-order valence-corrected chi connectivity index (χ2v) is 7.29. The molecule has 5 nitrogen and oxygen atoms in total. The van der Waals surface area contributed by atoms with E-state index in [1.807, 2.05) is 49.4 Å². The third kappa shape index (κ3) is 4.99. The number of nitrogens with zero attached hydrogens (tertiary/aromatic N) is 1. The summed E-state index contributed by atoms with van der Waals surface area (Å²) < 4.78 is 6.70. The predicted octanol–water partition coefficient (Wildman–Crippen LogP) is 2.19. The number of carbonyl (C=O) groups is 1. The van der Waals surface area contributed by atoms with Crippen LogP contribution in [0.5, 0.6) is 5.75 Å². The van der Waals surface area contributed by atoms with Crippen molar-refractivity contribution >= 4 is 33.2 Å². The Balaban J connectivity index is 1.52. The molecule has 1 fully saturated rings. The molecule has 1 aliphatic rings. The Morgan fingerprint density at radius 3 is 2.69 bits per heavy atom. The van der Waals surface area contributed by atoms with Crippen molar-refractivity contribution in [2.24, 2.45) is 0 Å². The van der Waals surface area contributed by atoms with Crippen LogP contribution in [0.3, 0.4) is 0 Å². The molecule has 0 radical (unpaired) electrons. The molecule has 2 aromatic rings. The lowest BCUT2D eigenvalue weighted by molar-refractivity contribution is -0.892. The van der Waals surface area contributed by atoms with E-state index in [-0.39, 0.29) is 5.91 Å². The van der Waals surface area contributed by atoms with Gasteiger partial charge in [-0.3, -0.25) is 4.79 Å². The van der Waals surface area contributed by atoms with E-state index in [2.05, 4.69) is 32.2 Å². The van der Waals surface area contributed by atoms with Gasteiger partial charge >= 0.3 is 0 Å². The van der Waals surface area contributed by atoms with Crippen LogP contribution < -0.4 is 19.9 Å². The highest BCUT2D eigenvalue weighted by Crippen LogP contribution is 2.27. The summed E-state index contributed by atoms with van der Waals surface area (Å²) in [5.41, 5.74) is 1.97. The Hall–Kier alpha value is -2.05. The molecule has 2 N–H and O–H groups in total. The van der Waals surface area contributed by atoms with Crippen LogP contribution in [0, 0.1) is 0 Å². The Morgan fingerprint density at radius 1 is 1.19 bits per heavy atom. The zero-order valence-electron chi connectivity index (χ0n) is 15.0. The molecule has 0 saturated carbocycles. The molecule has 0 aromatic heterocycles. The summed E-state index contributed by atoms with van der Waals surface area (Å²) in [6.45, 7) is 6.88. The Kier molecular flexibility index (Phi) is 6.52. The molecule has 3 rings (SSSR count). The summed E-state index contributed by atoms with van der Waals surface area (Å²) in [5, 5.41) is 2.98. The standard InChI is InChI=1S/C20H24BrN3O2/c1-2-26-19-9-4-3-8-18(19)24-12-10-23(11-13-24)15-20(25)22-17-7-5-6-16(21)14-17/h3-9,14H,2,10-13,15H2,1H3,(H,22,25)/p+1. The number of rotatable bonds is 6. The number of hydrogen-bond acceptors (Lipinski definition) is 3. The monoisotopic (exact) mass is 418 g/mol. The van der Waals surface area contributed by atoms with Crippen LogP contribution in [0.15, 0.2) is 53.0 Å². The maximum Gasteiger partial charge on any atom is 0.279 e. The number of carbonyl (C=O) groups excluding carboxylic acids is 1. The van der Waals surface area contributed by atoms with Gasteiger partial charge < -0.3 is 19.9 Å². The quantitative estimate of drug-likeness (QED) is 0.755. The van der Waals surface area contributed by atoms with Crippen molar-refractivity contribution in [1.82, 2.24) is 0 Å². The van der Waals surface area contributed by atoms with Gasteiger partial charge in [-0.05, 0) is 37.3 Å². The number of nitrogens with one attached hydrogen (secondary N) is 2. The van der Waals surface area contributed by atoms with Gasteiger partial charge in [0.15, 0.2) is 6.54 Å². The second kappa shape index (κ2) is 9.05. The zero-order valence-corrected chi connectivity index (χ0v) is 16.6. The molecule has 0 bridgehead atoms. The van der Waals surface area contributed by atoms with Crippen molar-refractivity contribution in [1.29, 1.82) is 0 Å². The first-order valence-electron chi connectivity index (χ1n) is 9.01. The van der Waals surface area contributed by atoms with Gasteiger partial charge in [-0.15, -0.1) is 0 Å². The van der Waals surface area contributed by atoms with Crippen LogP contribution in [0.4, 0.5) is 11.4 Å². The van der Waals surface area contributed by atoms with Crippen molar-refractivity contribution < 1.29 is 14.4 Å². The molecule has 6 heteroatoms. The normalized spacial score (nSPS) is 14.9. The number of benzene rings is 2. The first-order chi connectivity index (χ1) is 12.7. The molecule has 1 amide bonds. The molecular formula is C20H25BrN3O2+. The minimum Gasteiger partial charge on any atom is -0.492 e. The molecule has 1 heterocycles. The smallest absolute Gasteiger partial charge is 0.279 e. The van der Waals surface area contributed by atoms with Crippen LogP contribution in [0.25, 0.3) is 0 Å². The minimum absolute atomic E-state index is 0.0567. The van der Waals surface area contributed by atoms with E-state index in [9.17, 15) is 4.79 Å². The van der Waals surface area contributed by atoms with Crippen molar-refractivity contribution in [2.75, 3.05) is 49.5 Å². The fourth-order valence-corrected chi connectivity index (χ4v) is 3.63. The largest absolute Gasteiger partial charge is 0.492 e. The van der Waals surface area contributed by atoms with Gasteiger partial charge in [-0.2, -0.15) is 0 Å². The van der Waals surface area contributed by atoms with Gasteiger partial charge in [0, 0.05) is 10.2 Å². The van der Waals surface area contributed by atoms with Gasteiger partial charge in [0.25, 0.3) is 5.91 Å². The van der Waals surface area contributed by atoms with Gasteiger partial charge in [0.2, 0.25) is 0 Å². The minimum atomic E-state index is 0.0567. The second-order valence-electron chi connectivity index (χ2n) is 6.37. The molecule has 0 atom stereocenters. The maximum atomic E-state index is 12.3. The summed E-state index contributed by atoms with van der Waals surface area (Å²) in [6.07, 6.45) is 0. The third-order valence-corrected chi connectivity index (χ3v) is 4.99. The first-order valence-corrected chi connectivity index (χ1v) is 9.81. The van der Waals surface area contributed by atoms with Crippen LogP contribution in [0.2, 0.25) is 0 Å².